The van der Waals surface area contributed by atoms with Crippen LogP contribution in [0.15, 0.2) is 48.5 Å². The standard InChI is InChI=1S/C27H33NO5/c1-31-22-10-5-4-8-20(22)26-21-9-6-7-15-27(21,30)16-17-28(26)25(29)14-12-19-11-13-23(32-2)24(18-19)33-3/h4-5,8,10-14,18,21,26,30H,6-7,9,15-17H2,1-3H3/t21-,26-,27+/m1/s1. The third-order valence-corrected chi connectivity index (χ3v) is 7.13. The molecule has 4 rings (SSSR count). The first-order chi connectivity index (χ1) is 16.0. The fourth-order valence-electron chi connectivity index (χ4n) is 5.44. The molecule has 33 heavy (non-hydrogen) atoms. The lowest BCUT2D eigenvalue weighted by Crippen LogP contribution is -2.56. The highest BCUT2D eigenvalue weighted by Crippen LogP contribution is 2.50. The van der Waals surface area contributed by atoms with Gasteiger partial charge in [-0.2, -0.15) is 0 Å². The molecule has 0 spiro atoms. The molecule has 0 unspecified atom stereocenters. The van der Waals surface area contributed by atoms with Crippen LogP contribution in [0.1, 0.15) is 49.3 Å². The van der Waals surface area contributed by atoms with Gasteiger partial charge in [0.1, 0.15) is 5.75 Å². The van der Waals surface area contributed by atoms with Crippen molar-refractivity contribution in [3.63, 3.8) is 0 Å². The molecule has 1 amide bonds. The first-order valence-corrected chi connectivity index (χ1v) is 11.6. The Morgan fingerprint density at radius 2 is 1.76 bits per heavy atom. The average molecular weight is 452 g/mol. The highest BCUT2D eigenvalue weighted by Gasteiger charge is 2.50. The van der Waals surface area contributed by atoms with Gasteiger partial charge >= 0.3 is 0 Å². The van der Waals surface area contributed by atoms with Crippen molar-refractivity contribution >= 4 is 12.0 Å². The van der Waals surface area contributed by atoms with E-state index in [0.29, 0.717) is 24.5 Å². The van der Waals surface area contributed by atoms with Crippen LogP contribution in [0.4, 0.5) is 0 Å². The molecule has 6 nitrogen and oxygen atoms in total. The number of nitrogens with zero attached hydrogens (tertiary/aromatic N) is 1. The zero-order chi connectivity index (χ0) is 23.4. The van der Waals surface area contributed by atoms with Gasteiger partial charge in [0.2, 0.25) is 5.91 Å². The summed E-state index contributed by atoms with van der Waals surface area (Å²) < 4.78 is 16.3. The van der Waals surface area contributed by atoms with Crippen molar-refractivity contribution in [1.29, 1.82) is 0 Å². The number of benzene rings is 2. The Labute approximate surface area is 195 Å². The number of amides is 1. The van der Waals surface area contributed by atoms with E-state index in [1.807, 2.05) is 47.4 Å². The van der Waals surface area contributed by atoms with Gasteiger partial charge in [-0.3, -0.25) is 4.79 Å². The van der Waals surface area contributed by atoms with Gasteiger partial charge in [-0.05, 0) is 49.1 Å². The van der Waals surface area contributed by atoms with Gasteiger partial charge in [0.05, 0.1) is 33.0 Å². The molecule has 2 fully saturated rings. The van der Waals surface area contributed by atoms with E-state index in [4.69, 9.17) is 14.2 Å². The van der Waals surface area contributed by atoms with Gasteiger partial charge in [0, 0.05) is 24.1 Å². The predicted octanol–water partition coefficient (Wildman–Crippen LogP) is 4.62. The van der Waals surface area contributed by atoms with Crippen LogP contribution in [-0.2, 0) is 4.79 Å². The Hall–Kier alpha value is -2.99. The number of methoxy groups -OCH3 is 3. The Kier molecular flexibility index (Phi) is 6.94. The number of hydrogen-bond donors (Lipinski definition) is 1. The summed E-state index contributed by atoms with van der Waals surface area (Å²) >= 11 is 0. The fourth-order valence-corrected chi connectivity index (χ4v) is 5.44. The largest absolute Gasteiger partial charge is 0.496 e. The van der Waals surface area contributed by atoms with Crippen molar-refractivity contribution in [2.45, 2.75) is 43.7 Å². The number of hydrogen-bond acceptors (Lipinski definition) is 5. The third kappa shape index (κ3) is 4.58. The summed E-state index contributed by atoms with van der Waals surface area (Å²) in [6.07, 6.45) is 7.76. The zero-order valence-corrected chi connectivity index (χ0v) is 19.6. The quantitative estimate of drug-likeness (QED) is 0.649. The summed E-state index contributed by atoms with van der Waals surface area (Å²) in [6, 6.07) is 13.2. The maximum atomic E-state index is 13.5. The monoisotopic (exact) mass is 451 g/mol. The topological polar surface area (TPSA) is 68.2 Å². The number of piperidine rings is 1. The molecule has 1 heterocycles. The van der Waals surface area contributed by atoms with Crippen LogP contribution >= 0.6 is 0 Å². The molecule has 6 heteroatoms. The van der Waals surface area contributed by atoms with E-state index in [9.17, 15) is 9.90 Å². The second-order valence-electron chi connectivity index (χ2n) is 8.87. The van der Waals surface area contributed by atoms with E-state index in [-0.39, 0.29) is 17.9 Å². The smallest absolute Gasteiger partial charge is 0.247 e. The molecule has 0 aromatic heterocycles. The summed E-state index contributed by atoms with van der Waals surface area (Å²) in [5.74, 6) is 1.91. The Morgan fingerprint density at radius 1 is 1.00 bits per heavy atom. The number of fused-ring (bicyclic) bond motifs is 1. The molecular formula is C27H33NO5. The van der Waals surface area contributed by atoms with E-state index in [2.05, 4.69) is 0 Å². The summed E-state index contributed by atoms with van der Waals surface area (Å²) in [4.78, 5) is 15.4. The fraction of sp³-hybridized carbons (Fsp3) is 0.444. The minimum Gasteiger partial charge on any atom is -0.496 e. The van der Waals surface area contributed by atoms with Crippen LogP contribution in [0, 0.1) is 5.92 Å². The van der Waals surface area contributed by atoms with Crippen molar-refractivity contribution in [2.24, 2.45) is 5.92 Å². The van der Waals surface area contributed by atoms with Gasteiger partial charge in [-0.15, -0.1) is 0 Å². The van der Waals surface area contributed by atoms with Crippen molar-refractivity contribution in [3.8, 4) is 17.2 Å². The van der Waals surface area contributed by atoms with Gasteiger partial charge in [0.15, 0.2) is 11.5 Å². The molecule has 1 aliphatic heterocycles. The predicted molar refractivity (Wildman–Crippen MR) is 128 cm³/mol. The summed E-state index contributed by atoms with van der Waals surface area (Å²) in [6.45, 7) is 0.505. The summed E-state index contributed by atoms with van der Waals surface area (Å²) in [7, 11) is 4.84. The second-order valence-corrected chi connectivity index (χ2v) is 8.87. The number of carbonyl (C=O) groups excluding carboxylic acids is 1. The van der Waals surface area contributed by atoms with Gasteiger partial charge < -0.3 is 24.2 Å². The van der Waals surface area contributed by atoms with Crippen LogP contribution in [0.3, 0.4) is 0 Å². The molecular weight excluding hydrogens is 418 g/mol. The van der Waals surface area contributed by atoms with E-state index < -0.39 is 5.60 Å². The second kappa shape index (κ2) is 9.87. The van der Waals surface area contributed by atoms with Gasteiger partial charge in [-0.1, -0.05) is 37.1 Å². The Balaban J connectivity index is 1.66. The molecule has 0 radical (unpaired) electrons. The number of carbonyl (C=O) groups is 1. The molecule has 3 atom stereocenters. The van der Waals surface area contributed by atoms with Gasteiger partial charge in [-0.25, -0.2) is 0 Å². The lowest BCUT2D eigenvalue weighted by molar-refractivity contribution is -0.151. The number of aliphatic hydroxyl groups is 1. The normalized spacial score (nSPS) is 24.9. The lowest BCUT2D eigenvalue weighted by Gasteiger charge is -2.52. The molecule has 1 N–H and O–H groups in total. The average Bonchev–Trinajstić information content (AvgIpc) is 2.86. The van der Waals surface area contributed by atoms with E-state index in [0.717, 1.165) is 42.6 Å². The first kappa shape index (κ1) is 23.2. The molecule has 1 aliphatic carbocycles. The first-order valence-electron chi connectivity index (χ1n) is 11.6. The summed E-state index contributed by atoms with van der Waals surface area (Å²) in [5, 5.41) is 11.5. The van der Waals surface area contributed by atoms with Crippen molar-refractivity contribution < 1.29 is 24.1 Å². The molecule has 1 saturated heterocycles. The van der Waals surface area contributed by atoms with Crippen LogP contribution in [0.2, 0.25) is 0 Å². The van der Waals surface area contributed by atoms with Crippen molar-refractivity contribution in [2.75, 3.05) is 27.9 Å². The maximum Gasteiger partial charge on any atom is 0.247 e. The number of para-hydroxylation sites is 1. The summed E-state index contributed by atoms with van der Waals surface area (Å²) in [5.41, 5.74) is 1.06. The number of likely N-dealkylation sites (tertiary alicyclic amines) is 1. The zero-order valence-electron chi connectivity index (χ0n) is 19.6. The highest BCUT2D eigenvalue weighted by atomic mass is 16.5. The van der Waals surface area contributed by atoms with Crippen LogP contribution in [-0.4, -0.2) is 49.4 Å². The molecule has 2 aromatic rings. The minimum atomic E-state index is -0.742. The minimum absolute atomic E-state index is 0.0188. The molecule has 2 aromatic carbocycles. The van der Waals surface area contributed by atoms with Crippen LogP contribution in [0.5, 0.6) is 17.2 Å². The Morgan fingerprint density at radius 3 is 2.52 bits per heavy atom. The van der Waals surface area contributed by atoms with Crippen LogP contribution in [0.25, 0.3) is 6.08 Å². The van der Waals surface area contributed by atoms with E-state index in [1.54, 1.807) is 33.5 Å². The lowest BCUT2D eigenvalue weighted by atomic mass is 9.66. The van der Waals surface area contributed by atoms with Crippen molar-refractivity contribution in [3.05, 3.63) is 59.7 Å². The number of ether oxygens (including phenoxy) is 3. The van der Waals surface area contributed by atoms with E-state index in [1.165, 1.54) is 0 Å². The van der Waals surface area contributed by atoms with Crippen LogP contribution < -0.4 is 14.2 Å². The SMILES string of the molecule is COc1ccc(C=CC(=O)N2CC[C@@]3(O)CCCC[C@@H]3[C@H]2c2ccccc2OC)cc1OC. The van der Waals surface area contributed by atoms with Gasteiger partial charge in [0.25, 0.3) is 0 Å². The van der Waals surface area contributed by atoms with E-state index >= 15 is 0 Å². The molecule has 1 saturated carbocycles. The highest BCUT2D eigenvalue weighted by molar-refractivity contribution is 5.92. The Bertz CT molecular complexity index is 1020. The van der Waals surface area contributed by atoms with Crippen molar-refractivity contribution in [1.82, 2.24) is 4.90 Å². The third-order valence-electron chi connectivity index (χ3n) is 7.13. The number of rotatable bonds is 6. The molecule has 2 aliphatic rings. The molecule has 176 valence electrons. The molecule has 0 bridgehead atoms. The maximum absolute atomic E-state index is 13.5.